The minimum atomic E-state index is -0.632. The number of nitrogens with one attached hydrogen (secondary N) is 1. The van der Waals surface area contributed by atoms with Crippen LogP contribution in [-0.2, 0) is 9.59 Å². The largest absolute Gasteiger partial charge is 0.354 e. The van der Waals surface area contributed by atoms with Crippen molar-refractivity contribution in [3.63, 3.8) is 0 Å². The number of anilines is 1. The molecule has 1 heterocycles. The van der Waals surface area contributed by atoms with Crippen molar-refractivity contribution in [2.75, 3.05) is 18.0 Å². The fourth-order valence-corrected chi connectivity index (χ4v) is 3.11. The Bertz CT molecular complexity index is 653. The summed E-state index contributed by atoms with van der Waals surface area (Å²) in [4.78, 5) is 37.3. The number of nitrogens with zero attached hydrogens (tertiary/aromatic N) is 1. The lowest BCUT2D eigenvalue weighted by atomic mass is 10.1. The van der Waals surface area contributed by atoms with Gasteiger partial charge in [0.2, 0.25) is 5.91 Å². The second kappa shape index (κ2) is 5.26. The van der Waals surface area contributed by atoms with Crippen LogP contribution in [0.4, 0.5) is 5.69 Å². The zero-order valence-electron chi connectivity index (χ0n) is 11.6. The van der Waals surface area contributed by atoms with Crippen LogP contribution in [0, 0.1) is 12.8 Å². The van der Waals surface area contributed by atoms with Gasteiger partial charge in [-0.3, -0.25) is 19.3 Å². The number of fused-ring (bicyclic) bond motifs is 1. The number of hydrogen-bond donors (Lipinski definition) is 1. The standard InChI is InChI=1S/C15H15BrN2O3/c1-8-4-10(16)5-11-13(8)18(15(21)14(11)20)7-12(19)17-6-9-2-3-9/h4-5,9H,2-3,6-7H2,1H3,(H,17,19). The summed E-state index contributed by atoms with van der Waals surface area (Å²) in [5.41, 5.74) is 1.71. The van der Waals surface area contributed by atoms with Gasteiger partial charge in [0.1, 0.15) is 6.54 Å². The number of rotatable bonds is 4. The van der Waals surface area contributed by atoms with Crippen molar-refractivity contribution in [3.8, 4) is 0 Å². The Balaban J connectivity index is 1.81. The van der Waals surface area contributed by atoms with E-state index in [1.807, 2.05) is 13.0 Å². The van der Waals surface area contributed by atoms with Crippen LogP contribution in [0.5, 0.6) is 0 Å². The lowest BCUT2D eigenvalue weighted by molar-refractivity contribution is -0.122. The molecule has 5 nitrogen and oxygen atoms in total. The van der Waals surface area contributed by atoms with E-state index in [1.54, 1.807) is 6.07 Å². The molecule has 110 valence electrons. The zero-order chi connectivity index (χ0) is 15.1. The van der Waals surface area contributed by atoms with Crippen LogP contribution in [0.1, 0.15) is 28.8 Å². The van der Waals surface area contributed by atoms with E-state index in [1.165, 1.54) is 4.90 Å². The molecule has 0 aromatic heterocycles. The molecule has 1 aliphatic carbocycles. The molecular formula is C15H15BrN2O3. The van der Waals surface area contributed by atoms with E-state index in [4.69, 9.17) is 0 Å². The van der Waals surface area contributed by atoms with Crippen molar-refractivity contribution in [1.29, 1.82) is 0 Å². The summed E-state index contributed by atoms with van der Waals surface area (Å²) in [6.45, 7) is 2.37. The first-order valence-electron chi connectivity index (χ1n) is 6.90. The zero-order valence-corrected chi connectivity index (χ0v) is 13.2. The molecular weight excluding hydrogens is 336 g/mol. The van der Waals surface area contributed by atoms with Gasteiger partial charge in [0.15, 0.2) is 0 Å². The van der Waals surface area contributed by atoms with Crippen molar-refractivity contribution < 1.29 is 14.4 Å². The average molecular weight is 351 g/mol. The quantitative estimate of drug-likeness (QED) is 0.842. The maximum absolute atomic E-state index is 12.1. The number of hydrogen-bond acceptors (Lipinski definition) is 3. The van der Waals surface area contributed by atoms with E-state index in [9.17, 15) is 14.4 Å². The molecule has 1 saturated carbocycles. The van der Waals surface area contributed by atoms with Gasteiger partial charge in [-0.1, -0.05) is 15.9 Å². The van der Waals surface area contributed by atoms with Crippen molar-refractivity contribution in [1.82, 2.24) is 5.32 Å². The van der Waals surface area contributed by atoms with E-state index >= 15 is 0 Å². The molecule has 2 aliphatic rings. The van der Waals surface area contributed by atoms with Gasteiger partial charge in [0, 0.05) is 11.0 Å². The fraction of sp³-hybridized carbons (Fsp3) is 0.400. The van der Waals surface area contributed by atoms with Crippen LogP contribution in [-0.4, -0.2) is 30.7 Å². The lowest BCUT2D eigenvalue weighted by Crippen LogP contribution is -2.40. The van der Waals surface area contributed by atoms with E-state index < -0.39 is 11.7 Å². The summed E-state index contributed by atoms with van der Waals surface area (Å²) < 4.78 is 0.750. The predicted molar refractivity (Wildman–Crippen MR) is 81.3 cm³/mol. The number of benzene rings is 1. The Morgan fingerprint density at radius 3 is 2.76 bits per heavy atom. The summed E-state index contributed by atoms with van der Waals surface area (Å²) in [5, 5.41) is 2.82. The van der Waals surface area contributed by atoms with Crippen molar-refractivity contribution >= 4 is 39.2 Å². The Labute approximate surface area is 130 Å². The van der Waals surface area contributed by atoms with Gasteiger partial charge in [-0.2, -0.15) is 0 Å². The highest BCUT2D eigenvalue weighted by Crippen LogP contribution is 2.34. The van der Waals surface area contributed by atoms with Crippen LogP contribution in [0.25, 0.3) is 0 Å². The second-order valence-corrected chi connectivity index (χ2v) is 6.50. The minimum Gasteiger partial charge on any atom is -0.354 e. The molecule has 1 aliphatic heterocycles. The predicted octanol–water partition coefficient (Wildman–Crippen LogP) is 1.81. The number of carbonyl (C=O) groups is 3. The summed E-state index contributed by atoms with van der Waals surface area (Å²) in [5.74, 6) is -0.828. The maximum atomic E-state index is 12.1. The summed E-state index contributed by atoms with van der Waals surface area (Å²) in [6, 6.07) is 3.46. The second-order valence-electron chi connectivity index (χ2n) is 5.59. The Morgan fingerprint density at radius 1 is 1.38 bits per heavy atom. The summed E-state index contributed by atoms with van der Waals surface area (Å²) >= 11 is 3.32. The molecule has 1 fully saturated rings. The molecule has 3 rings (SSSR count). The fourth-order valence-electron chi connectivity index (χ4n) is 2.54. The van der Waals surface area contributed by atoms with E-state index in [2.05, 4.69) is 21.2 Å². The third kappa shape index (κ3) is 2.72. The van der Waals surface area contributed by atoms with E-state index in [0.717, 1.165) is 22.9 Å². The normalized spacial score (nSPS) is 17.1. The Morgan fingerprint density at radius 2 is 2.10 bits per heavy atom. The van der Waals surface area contributed by atoms with Crippen LogP contribution < -0.4 is 10.2 Å². The highest BCUT2D eigenvalue weighted by molar-refractivity contribution is 9.10. The number of Topliss-reactive ketones (excluding diaryl/α,β-unsaturated/α-hetero) is 1. The van der Waals surface area contributed by atoms with Crippen LogP contribution in [0.15, 0.2) is 16.6 Å². The number of amides is 2. The van der Waals surface area contributed by atoms with E-state index in [-0.39, 0.29) is 12.5 Å². The van der Waals surface area contributed by atoms with Gasteiger partial charge >= 0.3 is 0 Å². The third-order valence-corrected chi connectivity index (χ3v) is 4.26. The van der Waals surface area contributed by atoms with Gasteiger partial charge in [0.25, 0.3) is 11.7 Å². The first-order valence-corrected chi connectivity index (χ1v) is 7.69. The summed E-state index contributed by atoms with van der Waals surface area (Å²) in [7, 11) is 0. The number of ketones is 1. The third-order valence-electron chi connectivity index (χ3n) is 3.81. The summed E-state index contributed by atoms with van der Waals surface area (Å²) in [6.07, 6.45) is 2.30. The molecule has 1 aromatic rings. The molecule has 0 radical (unpaired) electrons. The average Bonchev–Trinajstić information content (AvgIpc) is 3.21. The first kappa shape index (κ1) is 14.3. The van der Waals surface area contributed by atoms with Crippen molar-refractivity contribution in [2.24, 2.45) is 5.92 Å². The number of aryl methyl sites for hydroxylation is 1. The Kier molecular flexibility index (Phi) is 3.57. The van der Waals surface area contributed by atoms with Gasteiger partial charge in [-0.05, 0) is 43.4 Å². The van der Waals surface area contributed by atoms with Crippen LogP contribution in [0.3, 0.4) is 0 Å². The van der Waals surface area contributed by atoms with Gasteiger partial charge < -0.3 is 5.32 Å². The number of halogens is 1. The molecule has 1 N–H and O–H groups in total. The highest BCUT2D eigenvalue weighted by Gasteiger charge is 2.38. The molecule has 0 bridgehead atoms. The monoisotopic (exact) mass is 350 g/mol. The van der Waals surface area contributed by atoms with Crippen molar-refractivity contribution in [3.05, 3.63) is 27.7 Å². The molecule has 0 spiro atoms. The van der Waals surface area contributed by atoms with Crippen LogP contribution >= 0.6 is 15.9 Å². The van der Waals surface area contributed by atoms with Crippen LogP contribution in [0.2, 0.25) is 0 Å². The maximum Gasteiger partial charge on any atom is 0.299 e. The van der Waals surface area contributed by atoms with Gasteiger partial charge in [-0.25, -0.2) is 0 Å². The highest BCUT2D eigenvalue weighted by atomic mass is 79.9. The lowest BCUT2D eigenvalue weighted by Gasteiger charge is -2.18. The molecule has 0 saturated heterocycles. The molecule has 21 heavy (non-hydrogen) atoms. The van der Waals surface area contributed by atoms with E-state index in [0.29, 0.717) is 23.7 Å². The minimum absolute atomic E-state index is 0.104. The SMILES string of the molecule is Cc1cc(Br)cc2c1N(CC(=O)NCC1CC1)C(=O)C2=O. The van der Waals surface area contributed by atoms with Gasteiger partial charge in [0.05, 0.1) is 11.3 Å². The molecule has 0 atom stereocenters. The molecule has 6 heteroatoms. The van der Waals surface area contributed by atoms with Gasteiger partial charge in [-0.15, -0.1) is 0 Å². The molecule has 1 aromatic carbocycles. The topological polar surface area (TPSA) is 66.5 Å². The first-order chi connectivity index (χ1) is 9.97. The van der Waals surface area contributed by atoms with Crippen molar-refractivity contribution in [2.45, 2.75) is 19.8 Å². The molecule has 2 amide bonds. The molecule has 0 unspecified atom stereocenters. The smallest absolute Gasteiger partial charge is 0.299 e. The number of carbonyl (C=O) groups excluding carboxylic acids is 3. The Hall–Kier alpha value is -1.69.